The number of hydrogen-bond donors (Lipinski definition) is 2. The molecule has 4 nitrogen and oxygen atoms in total. The minimum absolute atomic E-state index is 0.210. The molecule has 0 spiro atoms. The number of rotatable bonds is 3. The largest absolute Gasteiger partial charge is 0.375 e. The zero-order valence-corrected chi connectivity index (χ0v) is 13.3. The van der Waals surface area contributed by atoms with Gasteiger partial charge in [0.1, 0.15) is 0 Å². The second kappa shape index (κ2) is 5.56. The molecule has 1 heterocycles. The third kappa shape index (κ3) is 2.34. The number of para-hydroxylation sites is 1. The van der Waals surface area contributed by atoms with Crippen LogP contribution >= 0.6 is 0 Å². The summed E-state index contributed by atoms with van der Waals surface area (Å²) < 4.78 is 0. The molecule has 0 saturated carbocycles. The van der Waals surface area contributed by atoms with E-state index in [0.29, 0.717) is 16.8 Å². The van der Waals surface area contributed by atoms with E-state index in [1.807, 2.05) is 18.2 Å². The number of benzene rings is 2. The maximum absolute atomic E-state index is 12.7. The maximum Gasteiger partial charge on any atom is 0.261 e. The van der Waals surface area contributed by atoms with Gasteiger partial charge in [-0.3, -0.25) is 9.59 Å². The first-order valence-corrected chi connectivity index (χ1v) is 8.36. The highest BCUT2D eigenvalue weighted by Gasteiger charge is 2.46. The van der Waals surface area contributed by atoms with Gasteiger partial charge in [-0.1, -0.05) is 30.3 Å². The summed E-state index contributed by atoms with van der Waals surface area (Å²) in [7, 11) is 0. The van der Waals surface area contributed by atoms with Crippen LogP contribution < -0.4 is 5.32 Å². The van der Waals surface area contributed by atoms with Crippen molar-refractivity contribution in [2.45, 2.75) is 37.7 Å². The second-order valence-electron chi connectivity index (χ2n) is 6.65. The lowest BCUT2D eigenvalue weighted by Crippen LogP contribution is -2.36. The molecule has 1 atom stereocenters. The smallest absolute Gasteiger partial charge is 0.261 e. The van der Waals surface area contributed by atoms with Crippen molar-refractivity contribution in [2.75, 3.05) is 5.32 Å². The topological polar surface area (TPSA) is 66.4 Å². The highest BCUT2D eigenvalue weighted by Crippen LogP contribution is 2.39. The summed E-state index contributed by atoms with van der Waals surface area (Å²) in [6, 6.07) is 12.7. The fraction of sp³-hybridized carbons (Fsp3) is 0.300. The van der Waals surface area contributed by atoms with E-state index >= 15 is 0 Å². The quantitative estimate of drug-likeness (QED) is 0.854. The summed E-state index contributed by atoms with van der Waals surface area (Å²) in [4.78, 5) is 24.9. The Labute approximate surface area is 140 Å². The van der Waals surface area contributed by atoms with Crippen LogP contribution in [0.2, 0.25) is 0 Å². The van der Waals surface area contributed by atoms with Crippen molar-refractivity contribution < 1.29 is 14.7 Å². The van der Waals surface area contributed by atoms with Crippen molar-refractivity contribution >= 4 is 17.4 Å². The van der Waals surface area contributed by atoms with E-state index in [0.717, 1.165) is 19.3 Å². The van der Waals surface area contributed by atoms with E-state index in [1.54, 1.807) is 24.3 Å². The number of fused-ring (bicyclic) bond motifs is 2. The molecule has 1 amide bonds. The Kier molecular flexibility index (Phi) is 3.50. The number of Topliss-reactive ketones (excluding diaryl/α,β-unsaturated/α-hetero) is 1. The van der Waals surface area contributed by atoms with E-state index in [4.69, 9.17) is 0 Å². The molecule has 2 N–H and O–H groups in total. The van der Waals surface area contributed by atoms with E-state index in [2.05, 4.69) is 5.32 Å². The van der Waals surface area contributed by atoms with Crippen LogP contribution in [-0.2, 0) is 23.2 Å². The fourth-order valence-corrected chi connectivity index (χ4v) is 3.72. The Morgan fingerprint density at radius 2 is 1.83 bits per heavy atom. The molecule has 0 fully saturated rings. The van der Waals surface area contributed by atoms with Crippen molar-refractivity contribution in [1.82, 2.24) is 0 Å². The third-order valence-electron chi connectivity index (χ3n) is 5.08. The molecule has 2 aliphatic rings. The molecule has 0 aromatic heterocycles. The number of nitrogens with one attached hydrogen (secondary N) is 1. The van der Waals surface area contributed by atoms with Crippen molar-refractivity contribution in [3.05, 3.63) is 64.7 Å². The van der Waals surface area contributed by atoms with Crippen LogP contribution in [-0.4, -0.2) is 16.8 Å². The summed E-state index contributed by atoms with van der Waals surface area (Å²) in [6.45, 7) is 0. The summed E-state index contributed by atoms with van der Waals surface area (Å²) in [5.74, 6) is -0.743. The van der Waals surface area contributed by atoms with Gasteiger partial charge in [-0.05, 0) is 48.9 Å². The molecule has 0 bridgehead atoms. The Morgan fingerprint density at radius 1 is 1.08 bits per heavy atom. The van der Waals surface area contributed by atoms with Crippen LogP contribution in [0.3, 0.4) is 0 Å². The number of carbonyl (C=O) groups excluding carboxylic acids is 2. The van der Waals surface area contributed by atoms with Gasteiger partial charge in [-0.2, -0.15) is 0 Å². The van der Waals surface area contributed by atoms with E-state index in [1.165, 1.54) is 17.5 Å². The monoisotopic (exact) mass is 321 g/mol. The van der Waals surface area contributed by atoms with Crippen molar-refractivity contribution in [3.8, 4) is 0 Å². The summed E-state index contributed by atoms with van der Waals surface area (Å²) in [6.07, 6.45) is 4.14. The Hall–Kier alpha value is -2.46. The predicted molar refractivity (Wildman–Crippen MR) is 91.0 cm³/mol. The van der Waals surface area contributed by atoms with Crippen LogP contribution in [0.25, 0.3) is 0 Å². The van der Waals surface area contributed by atoms with Crippen LogP contribution in [0.5, 0.6) is 0 Å². The van der Waals surface area contributed by atoms with Crippen molar-refractivity contribution in [2.24, 2.45) is 0 Å². The predicted octanol–water partition coefficient (Wildman–Crippen LogP) is 2.98. The highest BCUT2D eigenvalue weighted by molar-refractivity contribution is 6.09. The number of ketones is 1. The van der Waals surface area contributed by atoms with E-state index < -0.39 is 11.5 Å². The SMILES string of the molecule is O=C(C[C@]1(O)C(=O)Nc2ccccc21)c1ccc2c(c1)CCCC2. The van der Waals surface area contributed by atoms with Gasteiger partial charge in [0, 0.05) is 16.8 Å². The molecule has 0 unspecified atom stereocenters. The molecule has 0 saturated heterocycles. The van der Waals surface area contributed by atoms with Gasteiger partial charge >= 0.3 is 0 Å². The molecule has 0 radical (unpaired) electrons. The first kappa shape index (κ1) is 15.1. The van der Waals surface area contributed by atoms with Gasteiger partial charge in [-0.25, -0.2) is 0 Å². The van der Waals surface area contributed by atoms with Gasteiger partial charge in [0.05, 0.1) is 6.42 Å². The molecule has 24 heavy (non-hydrogen) atoms. The molecule has 1 aliphatic heterocycles. The lowest BCUT2D eigenvalue weighted by molar-refractivity contribution is -0.133. The average molecular weight is 321 g/mol. The zero-order chi connectivity index (χ0) is 16.7. The molecule has 2 aromatic rings. The molecular formula is C20H19NO3. The lowest BCUT2D eigenvalue weighted by atomic mass is 9.85. The van der Waals surface area contributed by atoms with Gasteiger partial charge in [0.25, 0.3) is 5.91 Å². The molecular weight excluding hydrogens is 302 g/mol. The van der Waals surface area contributed by atoms with Crippen LogP contribution in [0.4, 0.5) is 5.69 Å². The number of aryl methyl sites for hydroxylation is 2. The van der Waals surface area contributed by atoms with Gasteiger partial charge in [0.2, 0.25) is 0 Å². The Bertz CT molecular complexity index is 843. The van der Waals surface area contributed by atoms with Crippen LogP contribution in [0.1, 0.15) is 46.3 Å². The third-order valence-corrected chi connectivity index (χ3v) is 5.08. The molecule has 4 rings (SSSR count). The van der Waals surface area contributed by atoms with Crippen LogP contribution in [0, 0.1) is 0 Å². The van der Waals surface area contributed by atoms with Gasteiger partial charge in [0.15, 0.2) is 11.4 Å². The normalized spacial score (nSPS) is 21.8. The standard InChI is InChI=1S/C20H19NO3/c22-18(15-10-9-13-5-1-2-6-14(13)11-15)12-20(24)16-7-3-4-8-17(16)21-19(20)23/h3-4,7-11,24H,1-2,5-6,12H2,(H,21,23)/t20-/m1/s1. The molecule has 4 heteroatoms. The van der Waals surface area contributed by atoms with Crippen LogP contribution in [0.15, 0.2) is 42.5 Å². The fourth-order valence-electron chi connectivity index (χ4n) is 3.72. The Morgan fingerprint density at radius 3 is 2.67 bits per heavy atom. The minimum atomic E-state index is -1.79. The number of amides is 1. The maximum atomic E-state index is 12.7. The second-order valence-corrected chi connectivity index (χ2v) is 6.65. The number of hydrogen-bond acceptors (Lipinski definition) is 3. The lowest BCUT2D eigenvalue weighted by Gasteiger charge is -2.21. The number of aliphatic hydroxyl groups is 1. The minimum Gasteiger partial charge on any atom is -0.375 e. The molecule has 1 aliphatic carbocycles. The molecule has 2 aromatic carbocycles. The molecule has 122 valence electrons. The summed E-state index contributed by atoms with van der Waals surface area (Å²) in [5.41, 5.74) is 2.35. The van der Waals surface area contributed by atoms with Crippen molar-refractivity contribution in [1.29, 1.82) is 0 Å². The zero-order valence-electron chi connectivity index (χ0n) is 13.3. The highest BCUT2D eigenvalue weighted by atomic mass is 16.3. The first-order valence-electron chi connectivity index (χ1n) is 8.36. The van der Waals surface area contributed by atoms with E-state index in [9.17, 15) is 14.7 Å². The van der Waals surface area contributed by atoms with E-state index in [-0.39, 0.29) is 12.2 Å². The number of anilines is 1. The average Bonchev–Trinajstić information content (AvgIpc) is 2.85. The summed E-state index contributed by atoms with van der Waals surface area (Å²) in [5, 5.41) is 13.5. The number of carbonyl (C=O) groups is 2. The van der Waals surface area contributed by atoms with Gasteiger partial charge < -0.3 is 10.4 Å². The first-order chi connectivity index (χ1) is 11.6. The van der Waals surface area contributed by atoms with Gasteiger partial charge in [-0.15, -0.1) is 0 Å². The van der Waals surface area contributed by atoms with Crippen molar-refractivity contribution in [3.63, 3.8) is 0 Å². The summed E-state index contributed by atoms with van der Waals surface area (Å²) >= 11 is 0. The Balaban J connectivity index is 1.63.